The Labute approximate surface area is 106 Å². The third kappa shape index (κ3) is 1.66. The van der Waals surface area contributed by atoms with Crippen LogP contribution in [0.4, 0.5) is 0 Å². The van der Waals surface area contributed by atoms with E-state index >= 15 is 0 Å². The van der Waals surface area contributed by atoms with Crippen LogP contribution in [-0.2, 0) is 0 Å². The highest BCUT2D eigenvalue weighted by Crippen LogP contribution is 2.50. The van der Waals surface area contributed by atoms with Gasteiger partial charge in [0.2, 0.25) is 0 Å². The average Bonchev–Trinajstić information content (AvgIpc) is 2.40. The Balaban J connectivity index is 3.51. The molecule has 0 N–H and O–H groups in total. The molecule has 18 heavy (non-hydrogen) atoms. The molecule has 1 rings (SSSR count). The molecular formula is C13H11N5. The van der Waals surface area contributed by atoms with Crippen molar-refractivity contribution in [2.24, 2.45) is 16.7 Å². The lowest BCUT2D eigenvalue weighted by molar-refractivity contribution is 0.184. The monoisotopic (exact) mass is 237 g/mol. The van der Waals surface area contributed by atoms with Crippen LogP contribution in [0.2, 0.25) is 0 Å². The summed E-state index contributed by atoms with van der Waals surface area (Å²) in [6.45, 7) is 0. The molecule has 88 valence electrons. The fourth-order valence-corrected chi connectivity index (χ4v) is 2.47. The molecule has 0 bridgehead atoms. The zero-order chi connectivity index (χ0) is 13.6. The summed E-state index contributed by atoms with van der Waals surface area (Å²) in [5, 5.41) is 46.4. The SMILES string of the molecule is N#CC1CCCCCC(C#N)(C#N)C1(C#N)C#N. The van der Waals surface area contributed by atoms with Gasteiger partial charge in [-0.15, -0.1) is 0 Å². The molecule has 5 heteroatoms. The van der Waals surface area contributed by atoms with Gasteiger partial charge in [-0.3, -0.25) is 0 Å². The summed E-state index contributed by atoms with van der Waals surface area (Å²) in [7, 11) is 0. The molecule has 1 atom stereocenters. The fourth-order valence-electron chi connectivity index (χ4n) is 2.47. The molecule has 1 unspecified atom stereocenters. The Kier molecular flexibility index (Phi) is 3.89. The molecule has 0 aromatic heterocycles. The fraction of sp³-hybridized carbons (Fsp3) is 0.615. The van der Waals surface area contributed by atoms with Gasteiger partial charge in [-0.25, -0.2) is 0 Å². The van der Waals surface area contributed by atoms with Crippen LogP contribution in [0, 0.1) is 73.4 Å². The topological polar surface area (TPSA) is 119 Å². The van der Waals surface area contributed by atoms with E-state index in [1.54, 1.807) is 12.1 Å². The minimum atomic E-state index is -1.86. The summed E-state index contributed by atoms with van der Waals surface area (Å²) in [6, 6.07) is 9.21. The Morgan fingerprint density at radius 3 is 1.83 bits per heavy atom. The molecule has 0 aromatic rings. The van der Waals surface area contributed by atoms with Crippen molar-refractivity contribution >= 4 is 0 Å². The number of hydrogen-bond acceptors (Lipinski definition) is 5. The molecule has 1 fully saturated rings. The maximum atomic E-state index is 9.33. The van der Waals surface area contributed by atoms with Crippen LogP contribution in [0.1, 0.15) is 32.1 Å². The van der Waals surface area contributed by atoms with Crippen molar-refractivity contribution < 1.29 is 0 Å². The maximum Gasteiger partial charge on any atom is 0.190 e. The number of rotatable bonds is 0. The van der Waals surface area contributed by atoms with E-state index in [4.69, 9.17) is 5.26 Å². The second-order valence-corrected chi connectivity index (χ2v) is 4.44. The summed E-state index contributed by atoms with van der Waals surface area (Å²) in [4.78, 5) is 0. The summed E-state index contributed by atoms with van der Waals surface area (Å²) >= 11 is 0. The van der Waals surface area contributed by atoms with Crippen LogP contribution < -0.4 is 0 Å². The van der Waals surface area contributed by atoms with E-state index in [1.165, 1.54) is 0 Å². The van der Waals surface area contributed by atoms with Gasteiger partial charge >= 0.3 is 0 Å². The molecular weight excluding hydrogens is 226 g/mol. The molecule has 0 heterocycles. The van der Waals surface area contributed by atoms with Gasteiger partial charge in [-0.05, 0) is 12.8 Å². The predicted molar refractivity (Wildman–Crippen MR) is 59.5 cm³/mol. The highest BCUT2D eigenvalue weighted by Gasteiger charge is 2.59. The van der Waals surface area contributed by atoms with E-state index < -0.39 is 16.7 Å². The first-order valence-electron chi connectivity index (χ1n) is 5.71. The second-order valence-electron chi connectivity index (χ2n) is 4.44. The highest BCUT2D eigenvalue weighted by atomic mass is 14.6. The lowest BCUT2D eigenvalue weighted by Crippen LogP contribution is -2.44. The van der Waals surface area contributed by atoms with Gasteiger partial charge in [0.1, 0.15) is 0 Å². The standard InChI is InChI=1S/C13H11N5/c14-6-11-4-2-1-3-5-12(7-15,8-16)13(11,9-17)10-18/h11H,1-5H2. The van der Waals surface area contributed by atoms with Crippen LogP contribution in [-0.4, -0.2) is 0 Å². The lowest BCUT2D eigenvalue weighted by atomic mass is 9.56. The molecule has 1 saturated carbocycles. The quantitative estimate of drug-likeness (QED) is 0.639. The molecule has 0 spiro atoms. The van der Waals surface area contributed by atoms with E-state index in [1.807, 2.05) is 18.2 Å². The molecule has 0 radical (unpaired) electrons. The van der Waals surface area contributed by atoms with Gasteiger partial charge in [-0.2, -0.15) is 26.3 Å². The van der Waals surface area contributed by atoms with Gasteiger partial charge < -0.3 is 0 Å². The number of nitriles is 5. The first-order chi connectivity index (χ1) is 8.66. The van der Waals surface area contributed by atoms with Crippen LogP contribution in [0.3, 0.4) is 0 Å². The van der Waals surface area contributed by atoms with Gasteiger partial charge in [0, 0.05) is 0 Å². The van der Waals surface area contributed by atoms with E-state index in [0.717, 1.165) is 12.8 Å². The van der Waals surface area contributed by atoms with Gasteiger partial charge in [-0.1, -0.05) is 19.3 Å². The van der Waals surface area contributed by atoms with Gasteiger partial charge in [0.05, 0.1) is 36.3 Å². The van der Waals surface area contributed by atoms with Crippen LogP contribution in [0.5, 0.6) is 0 Å². The van der Waals surface area contributed by atoms with Crippen molar-refractivity contribution in [3.63, 3.8) is 0 Å². The van der Waals surface area contributed by atoms with Crippen LogP contribution in [0.15, 0.2) is 0 Å². The maximum absolute atomic E-state index is 9.33. The Hall–Kier alpha value is -2.55. The molecule has 0 aliphatic heterocycles. The van der Waals surface area contributed by atoms with Crippen molar-refractivity contribution in [3.05, 3.63) is 0 Å². The van der Waals surface area contributed by atoms with Gasteiger partial charge in [0.25, 0.3) is 0 Å². The van der Waals surface area contributed by atoms with Crippen molar-refractivity contribution in [1.29, 1.82) is 26.3 Å². The van der Waals surface area contributed by atoms with Crippen molar-refractivity contribution in [2.45, 2.75) is 32.1 Å². The van der Waals surface area contributed by atoms with E-state index in [0.29, 0.717) is 12.8 Å². The van der Waals surface area contributed by atoms with Crippen molar-refractivity contribution in [1.82, 2.24) is 0 Å². The minimum Gasteiger partial charge on any atom is -0.198 e. The first kappa shape index (κ1) is 13.5. The van der Waals surface area contributed by atoms with Gasteiger partial charge in [0.15, 0.2) is 10.8 Å². The zero-order valence-electron chi connectivity index (χ0n) is 9.85. The van der Waals surface area contributed by atoms with Crippen LogP contribution in [0.25, 0.3) is 0 Å². The molecule has 0 aromatic carbocycles. The summed E-state index contributed by atoms with van der Waals surface area (Å²) in [5.41, 5.74) is -3.57. The molecule has 0 amide bonds. The molecule has 1 aliphatic rings. The number of nitrogens with zero attached hydrogens (tertiary/aromatic N) is 5. The molecule has 5 nitrogen and oxygen atoms in total. The van der Waals surface area contributed by atoms with E-state index in [9.17, 15) is 21.0 Å². The van der Waals surface area contributed by atoms with Crippen molar-refractivity contribution in [3.8, 4) is 30.3 Å². The normalized spacial score (nSPS) is 24.7. The third-order valence-electron chi connectivity index (χ3n) is 3.63. The molecule has 0 saturated heterocycles. The first-order valence-corrected chi connectivity index (χ1v) is 5.71. The summed E-state index contributed by atoms with van der Waals surface area (Å²) < 4.78 is 0. The number of hydrogen-bond donors (Lipinski definition) is 0. The Bertz CT molecular complexity index is 500. The molecule has 1 aliphatic carbocycles. The van der Waals surface area contributed by atoms with E-state index in [-0.39, 0.29) is 6.42 Å². The van der Waals surface area contributed by atoms with Crippen LogP contribution >= 0.6 is 0 Å². The summed E-state index contributed by atoms with van der Waals surface area (Å²) in [6.07, 6.45) is 2.69. The largest absolute Gasteiger partial charge is 0.198 e. The highest BCUT2D eigenvalue weighted by molar-refractivity contribution is 5.37. The minimum absolute atomic E-state index is 0.166. The zero-order valence-corrected chi connectivity index (χ0v) is 9.85. The van der Waals surface area contributed by atoms with Crippen molar-refractivity contribution in [2.75, 3.05) is 0 Å². The lowest BCUT2D eigenvalue weighted by Gasteiger charge is -2.35. The third-order valence-corrected chi connectivity index (χ3v) is 3.63. The second kappa shape index (κ2) is 5.19. The Morgan fingerprint density at radius 1 is 0.778 bits per heavy atom. The smallest absolute Gasteiger partial charge is 0.190 e. The summed E-state index contributed by atoms with van der Waals surface area (Å²) in [5.74, 6) is -0.896. The average molecular weight is 237 g/mol. The Morgan fingerprint density at radius 2 is 1.39 bits per heavy atom. The van der Waals surface area contributed by atoms with E-state index in [2.05, 4.69) is 0 Å². The predicted octanol–water partition coefficient (Wildman–Crippen LogP) is 2.16.